The Morgan fingerprint density at radius 1 is 1.43 bits per heavy atom. The third-order valence-electron chi connectivity index (χ3n) is 3.78. The van der Waals surface area contributed by atoms with E-state index in [1.807, 2.05) is 27.7 Å². The van der Waals surface area contributed by atoms with Crippen LogP contribution in [0.4, 0.5) is 4.39 Å². The first-order valence-electron chi connectivity index (χ1n) is 7.52. The molecule has 0 spiro atoms. The van der Waals surface area contributed by atoms with Crippen LogP contribution in [0.3, 0.4) is 0 Å². The van der Waals surface area contributed by atoms with Crippen molar-refractivity contribution in [1.29, 1.82) is 0 Å². The Hall–Kier alpha value is -2.21. The number of benzene rings is 1. The summed E-state index contributed by atoms with van der Waals surface area (Å²) in [5.41, 5.74) is 6.69. The maximum Gasteiger partial charge on any atom is 0.237 e. The van der Waals surface area contributed by atoms with Crippen molar-refractivity contribution in [3.05, 3.63) is 47.8 Å². The van der Waals surface area contributed by atoms with Crippen molar-refractivity contribution in [3.8, 4) is 5.69 Å². The highest BCUT2D eigenvalue weighted by atomic mass is 19.1. The molecule has 0 aliphatic rings. The van der Waals surface area contributed by atoms with Gasteiger partial charge in [0.25, 0.3) is 0 Å². The number of nitrogens with two attached hydrogens (primary N) is 1. The first-order chi connectivity index (χ1) is 10.7. The van der Waals surface area contributed by atoms with Gasteiger partial charge in [0.15, 0.2) is 0 Å². The van der Waals surface area contributed by atoms with Gasteiger partial charge in [-0.15, -0.1) is 0 Å². The quantitative estimate of drug-likeness (QED) is 0.908. The topological polar surface area (TPSA) is 72.9 Å². The summed E-state index contributed by atoms with van der Waals surface area (Å²) in [6, 6.07) is 4.26. The predicted molar refractivity (Wildman–Crippen MR) is 87.5 cm³/mol. The highest BCUT2D eigenvalue weighted by molar-refractivity contribution is 5.82. The van der Waals surface area contributed by atoms with E-state index in [-0.39, 0.29) is 23.7 Å². The number of amides is 1. The van der Waals surface area contributed by atoms with Gasteiger partial charge < -0.3 is 15.6 Å². The molecule has 0 fully saturated rings. The van der Waals surface area contributed by atoms with Gasteiger partial charge in [-0.25, -0.2) is 9.37 Å². The monoisotopic (exact) mass is 318 g/mol. The van der Waals surface area contributed by atoms with E-state index >= 15 is 0 Å². The third kappa shape index (κ3) is 3.96. The van der Waals surface area contributed by atoms with E-state index in [0.717, 1.165) is 0 Å². The predicted octanol–water partition coefficient (Wildman–Crippen LogP) is 2.31. The molecule has 3 N–H and O–H groups in total. The van der Waals surface area contributed by atoms with E-state index in [2.05, 4.69) is 10.3 Å². The second kappa shape index (κ2) is 6.50. The Labute approximate surface area is 135 Å². The summed E-state index contributed by atoms with van der Waals surface area (Å²) in [4.78, 5) is 16.1. The summed E-state index contributed by atoms with van der Waals surface area (Å²) in [6.45, 7) is 7.75. The Morgan fingerprint density at radius 3 is 2.65 bits per heavy atom. The number of nitrogens with zero attached hydrogens (tertiary/aromatic N) is 2. The molecule has 0 saturated carbocycles. The molecule has 2 aromatic rings. The molecule has 124 valence electrons. The van der Waals surface area contributed by atoms with Crippen molar-refractivity contribution in [2.45, 2.75) is 40.3 Å². The lowest BCUT2D eigenvalue weighted by Gasteiger charge is -2.25. The van der Waals surface area contributed by atoms with E-state index in [1.165, 1.54) is 6.07 Å². The fourth-order valence-electron chi connectivity index (χ4n) is 2.18. The maximum atomic E-state index is 14.3. The number of imidazole rings is 1. The second-order valence-corrected chi connectivity index (χ2v) is 6.69. The number of carbonyl (C=O) groups excluding carboxylic acids is 1. The van der Waals surface area contributed by atoms with Crippen molar-refractivity contribution >= 4 is 5.91 Å². The Bertz CT molecular complexity index is 703. The average Bonchev–Trinajstić information content (AvgIpc) is 2.89. The smallest absolute Gasteiger partial charge is 0.237 e. The van der Waals surface area contributed by atoms with E-state index in [1.54, 1.807) is 29.1 Å². The number of carbonyl (C=O) groups is 1. The summed E-state index contributed by atoms with van der Waals surface area (Å²) >= 11 is 0. The van der Waals surface area contributed by atoms with Gasteiger partial charge in [0.1, 0.15) is 11.6 Å². The van der Waals surface area contributed by atoms with Gasteiger partial charge in [-0.1, -0.05) is 26.8 Å². The highest BCUT2D eigenvalue weighted by Crippen LogP contribution is 2.18. The summed E-state index contributed by atoms with van der Waals surface area (Å²) in [6.07, 6.45) is 3.33. The summed E-state index contributed by atoms with van der Waals surface area (Å²) < 4.78 is 16.0. The minimum atomic E-state index is -0.611. The largest absolute Gasteiger partial charge is 0.351 e. The lowest BCUT2D eigenvalue weighted by Crippen LogP contribution is -2.48. The first-order valence-corrected chi connectivity index (χ1v) is 7.52. The van der Waals surface area contributed by atoms with Gasteiger partial charge in [-0.05, 0) is 30.0 Å². The number of hydrogen-bond acceptors (Lipinski definition) is 3. The van der Waals surface area contributed by atoms with Crippen LogP contribution in [-0.2, 0) is 11.3 Å². The van der Waals surface area contributed by atoms with E-state index in [0.29, 0.717) is 17.1 Å². The van der Waals surface area contributed by atoms with Crippen molar-refractivity contribution in [3.63, 3.8) is 0 Å². The number of aromatic nitrogens is 2. The van der Waals surface area contributed by atoms with Crippen LogP contribution in [0.25, 0.3) is 5.69 Å². The molecule has 2 rings (SSSR count). The minimum Gasteiger partial charge on any atom is -0.351 e. The zero-order chi connectivity index (χ0) is 17.2. The lowest BCUT2D eigenvalue weighted by atomic mass is 9.87. The van der Waals surface area contributed by atoms with Crippen LogP contribution in [0.15, 0.2) is 30.6 Å². The summed E-state index contributed by atoms with van der Waals surface area (Å²) in [7, 11) is 0. The first kappa shape index (κ1) is 17.1. The lowest BCUT2D eigenvalue weighted by molar-refractivity contribution is -0.124. The van der Waals surface area contributed by atoms with Crippen LogP contribution in [0, 0.1) is 18.2 Å². The highest BCUT2D eigenvalue weighted by Gasteiger charge is 2.27. The Morgan fingerprint density at radius 2 is 2.13 bits per heavy atom. The molecule has 23 heavy (non-hydrogen) atoms. The van der Waals surface area contributed by atoms with E-state index in [9.17, 15) is 9.18 Å². The normalized spacial score (nSPS) is 13.0. The van der Waals surface area contributed by atoms with Gasteiger partial charge in [0.05, 0.1) is 11.7 Å². The second-order valence-electron chi connectivity index (χ2n) is 6.69. The zero-order valence-corrected chi connectivity index (χ0v) is 13.9. The summed E-state index contributed by atoms with van der Waals surface area (Å²) in [5, 5.41) is 2.75. The fourth-order valence-corrected chi connectivity index (χ4v) is 2.18. The van der Waals surface area contributed by atoms with E-state index in [4.69, 9.17) is 5.73 Å². The number of aryl methyl sites for hydroxylation is 1. The van der Waals surface area contributed by atoms with Gasteiger partial charge in [-0.2, -0.15) is 0 Å². The molecule has 0 radical (unpaired) electrons. The SMILES string of the molecule is Cc1nccn1-c1ccc(CNC(=O)[C@@H](N)C(C)(C)C)cc1F. The van der Waals surface area contributed by atoms with Crippen molar-refractivity contribution in [1.82, 2.24) is 14.9 Å². The Kier molecular flexibility index (Phi) is 4.85. The van der Waals surface area contributed by atoms with Crippen molar-refractivity contribution in [2.24, 2.45) is 11.1 Å². The molecule has 0 saturated heterocycles. The van der Waals surface area contributed by atoms with E-state index < -0.39 is 6.04 Å². The fraction of sp³-hybridized carbons (Fsp3) is 0.412. The molecule has 6 heteroatoms. The third-order valence-corrected chi connectivity index (χ3v) is 3.78. The molecule has 5 nitrogen and oxygen atoms in total. The van der Waals surface area contributed by atoms with Crippen LogP contribution in [0.1, 0.15) is 32.2 Å². The number of rotatable bonds is 4. The molecule has 0 aliphatic heterocycles. The van der Waals surface area contributed by atoms with Crippen LogP contribution in [0.5, 0.6) is 0 Å². The molecule has 0 bridgehead atoms. The standard InChI is InChI=1S/C17H23FN4O/c1-11-20-7-8-22(11)14-6-5-12(9-13(14)18)10-21-16(23)15(19)17(2,3)4/h5-9,15H,10,19H2,1-4H3,(H,21,23)/t15-/m1/s1. The average molecular weight is 318 g/mol. The minimum absolute atomic E-state index is 0.239. The molecule has 1 atom stereocenters. The van der Waals surface area contributed by atoms with Crippen LogP contribution in [-0.4, -0.2) is 21.5 Å². The molecule has 1 heterocycles. The molecule has 1 aromatic carbocycles. The molecule has 1 amide bonds. The number of halogens is 1. The van der Waals surface area contributed by atoms with Crippen LogP contribution < -0.4 is 11.1 Å². The van der Waals surface area contributed by atoms with Crippen LogP contribution in [0.2, 0.25) is 0 Å². The molecular formula is C17H23FN4O. The number of nitrogens with one attached hydrogen (secondary N) is 1. The van der Waals surface area contributed by atoms with Crippen molar-refractivity contribution < 1.29 is 9.18 Å². The van der Waals surface area contributed by atoms with Gasteiger partial charge in [0.2, 0.25) is 5.91 Å². The molecule has 0 unspecified atom stereocenters. The maximum absolute atomic E-state index is 14.3. The Balaban J connectivity index is 2.07. The van der Waals surface area contributed by atoms with Gasteiger partial charge in [-0.3, -0.25) is 4.79 Å². The summed E-state index contributed by atoms with van der Waals surface area (Å²) in [5.74, 6) is 0.103. The number of hydrogen-bond donors (Lipinski definition) is 2. The molecule has 1 aromatic heterocycles. The molecule has 0 aliphatic carbocycles. The van der Waals surface area contributed by atoms with Crippen molar-refractivity contribution in [2.75, 3.05) is 0 Å². The van der Waals surface area contributed by atoms with Gasteiger partial charge >= 0.3 is 0 Å². The zero-order valence-electron chi connectivity index (χ0n) is 13.9. The molecular weight excluding hydrogens is 295 g/mol. The van der Waals surface area contributed by atoms with Crippen LogP contribution >= 0.6 is 0 Å². The van der Waals surface area contributed by atoms with Gasteiger partial charge in [0, 0.05) is 18.9 Å².